The molecule has 3 N–H and O–H groups in total. The van der Waals surface area contributed by atoms with E-state index in [4.69, 9.17) is 4.74 Å². The zero-order chi connectivity index (χ0) is 16.4. The number of allylic oxidation sites excluding steroid dienone is 2. The van der Waals surface area contributed by atoms with Crippen molar-refractivity contribution in [2.45, 2.75) is 6.92 Å². The molecule has 1 atom stereocenters. The molecule has 2 aromatic heterocycles. The van der Waals surface area contributed by atoms with Crippen LogP contribution in [-0.2, 0) is 9.59 Å². The molecule has 23 heavy (non-hydrogen) atoms. The molecule has 0 spiro atoms. The monoisotopic (exact) mass is 311 g/mol. The molecule has 0 aliphatic carbocycles. The van der Waals surface area contributed by atoms with Crippen LogP contribution in [0.3, 0.4) is 0 Å². The van der Waals surface area contributed by atoms with Crippen LogP contribution < -0.4 is 10.1 Å². The van der Waals surface area contributed by atoms with Gasteiger partial charge in [-0.15, -0.1) is 0 Å². The van der Waals surface area contributed by atoms with Crippen LogP contribution in [0.2, 0.25) is 0 Å². The molecule has 118 valence electrons. The molecule has 1 aliphatic heterocycles. The summed E-state index contributed by atoms with van der Waals surface area (Å²) in [6.07, 6.45) is 6.72. The molecule has 6 heteroatoms. The highest BCUT2D eigenvalue weighted by atomic mass is 16.5. The van der Waals surface area contributed by atoms with E-state index in [-0.39, 0.29) is 11.7 Å². The molecule has 0 saturated carbocycles. The quantitative estimate of drug-likeness (QED) is 0.598. The molecule has 0 aromatic carbocycles. The molecule has 6 nitrogen and oxygen atoms in total. The van der Waals surface area contributed by atoms with Crippen molar-refractivity contribution in [2.75, 3.05) is 7.11 Å². The lowest BCUT2D eigenvalue weighted by molar-refractivity contribution is -0.125. The minimum absolute atomic E-state index is 0.219. The Morgan fingerprint density at radius 3 is 2.70 bits per heavy atom. The molecule has 3 heterocycles. The molecular weight excluding hydrogens is 294 g/mol. The maximum Gasteiger partial charge on any atom is 0.239 e. The number of Topliss-reactive ketones (excluding diaryl/α,β-unsaturated/α-hetero) is 1. The Morgan fingerprint density at radius 1 is 1.26 bits per heavy atom. The van der Waals surface area contributed by atoms with Crippen LogP contribution in [0, 0.1) is 5.92 Å². The maximum atomic E-state index is 12.1. The molecule has 2 aromatic rings. The second kappa shape index (κ2) is 6.00. The van der Waals surface area contributed by atoms with Gasteiger partial charge in [-0.05, 0) is 25.1 Å². The summed E-state index contributed by atoms with van der Waals surface area (Å²) >= 11 is 0. The largest absolute Gasteiger partial charge is 0.494 e. The fourth-order valence-electron chi connectivity index (χ4n) is 2.53. The van der Waals surface area contributed by atoms with Gasteiger partial charge < -0.3 is 20.0 Å². The highest BCUT2D eigenvalue weighted by Crippen LogP contribution is 2.28. The first-order valence-electron chi connectivity index (χ1n) is 7.24. The first-order chi connectivity index (χ1) is 11.1. The zero-order valence-electron chi connectivity index (χ0n) is 12.8. The lowest BCUT2D eigenvalue weighted by Gasteiger charge is -1.99. The van der Waals surface area contributed by atoms with Crippen molar-refractivity contribution < 1.29 is 14.3 Å². The normalized spacial score (nSPS) is 19.7. The van der Waals surface area contributed by atoms with Crippen molar-refractivity contribution in [3.63, 3.8) is 0 Å². The first kappa shape index (κ1) is 14.9. The van der Waals surface area contributed by atoms with E-state index in [1.807, 2.05) is 24.4 Å². The lowest BCUT2D eigenvalue weighted by Crippen LogP contribution is -2.17. The van der Waals surface area contributed by atoms with Crippen molar-refractivity contribution in [1.29, 1.82) is 0 Å². The van der Waals surface area contributed by atoms with Gasteiger partial charge >= 0.3 is 0 Å². The summed E-state index contributed by atoms with van der Waals surface area (Å²) in [6, 6.07) is 5.70. The Kier molecular flexibility index (Phi) is 3.89. The van der Waals surface area contributed by atoms with E-state index in [1.54, 1.807) is 32.3 Å². The Balaban J connectivity index is 1.88. The molecule has 1 fully saturated rings. The second-order valence-corrected chi connectivity index (χ2v) is 5.14. The van der Waals surface area contributed by atoms with Gasteiger partial charge in [0.1, 0.15) is 11.7 Å². The van der Waals surface area contributed by atoms with Gasteiger partial charge in [0.2, 0.25) is 5.91 Å². The average molecular weight is 311 g/mol. The van der Waals surface area contributed by atoms with Crippen LogP contribution in [0.4, 0.5) is 0 Å². The minimum atomic E-state index is -0.803. The van der Waals surface area contributed by atoms with Crippen LogP contribution in [0.25, 0.3) is 17.5 Å². The van der Waals surface area contributed by atoms with E-state index in [9.17, 15) is 9.59 Å². The average Bonchev–Trinajstić information content (AvgIpc) is 3.25. The van der Waals surface area contributed by atoms with Crippen LogP contribution in [0.5, 0.6) is 5.75 Å². The second-order valence-electron chi connectivity index (χ2n) is 5.14. The first-order valence-corrected chi connectivity index (χ1v) is 7.24. The predicted octanol–water partition coefficient (Wildman–Crippen LogP) is 2.25. The molecule has 1 saturated heterocycles. The van der Waals surface area contributed by atoms with E-state index >= 15 is 0 Å². The molecule has 1 unspecified atom stereocenters. The highest BCUT2D eigenvalue weighted by Gasteiger charge is 2.34. The summed E-state index contributed by atoms with van der Waals surface area (Å²) < 4.78 is 5.34. The fourth-order valence-corrected chi connectivity index (χ4v) is 2.53. The van der Waals surface area contributed by atoms with E-state index < -0.39 is 5.92 Å². The van der Waals surface area contributed by atoms with Gasteiger partial charge in [-0.25, -0.2) is 0 Å². The number of aromatic nitrogens is 2. The van der Waals surface area contributed by atoms with Crippen LogP contribution in [0.15, 0.2) is 42.2 Å². The predicted molar refractivity (Wildman–Crippen MR) is 86.6 cm³/mol. The molecule has 1 amide bonds. The number of aromatic amines is 2. The fraction of sp³-hybridized carbons (Fsp3) is 0.176. The van der Waals surface area contributed by atoms with Gasteiger partial charge in [0.25, 0.3) is 0 Å². The number of carbonyl (C=O) groups is 2. The standard InChI is InChI=1S/C17H17N3O3/c1-3-11-16(21)10(17(22)20-11)6-7-13-15(23-2)9-14(19-13)12-5-4-8-18-12/h3-10,18-19H,1-2H3,(H,20,22). The third-order valence-electron chi connectivity index (χ3n) is 3.75. The molecular formula is C17H17N3O3. The number of ether oxygens (including phenoxy) is 1. The van der Waals surface area contributed by atoms with Crippen LogP contribution in [-0.4, -0.2) is 28.8 Å². The zero-order valence-corrected chi connectivity index (χ0v) is 12.8. The summed E-state index contributed by atoms with van der Waals surface area (Å²) in [4.78, 5) is 30.2. The molecule has 3 rings (SSSR count). The molecule has 0 radical (unpaired) electrons. The van der Waals surface area contributed by atoms with E-state index in [0.717, 1.165) is 11.4 Å². The van der Waals surface area contributed by atoms with Crippen molar-refractivity contribution in [3.8, 4) is 17.1 Å². The summed E-state index contributed by atoms with van der Waals surface area (Å²) in [5.74, 6) is -0.690. The van der Waals surface area contributed by atoms with Gasteiger partial charge in [-0.3, -0.25) is 9.59 Å². The van der Waals surface area contributed by atoms with E-state index in [1.165, 1.54) is 0 Å². The topological polar surface area (TPSA) is 87.0 Å². The summed E-state index contributed by atoms with van der Waals surface area (Å²) in [7, 11) is 1.57. The number of methoxy groups -OCH3 is 1. The Labute approximate surface area is 133 Å². The number of nitrogens with one attached hydrogen (secondary N) is 3. The third-order valence-corrected chi connectivity index (χ3v) is 3.75. The summed E-state index contributed by atoms with van der Waals surface area (Å²) in [5.41, 5.74) is 2.83. The van der Waals surface area contributed by atoms with Gasteiger partial charge in [-0.1, -0.05) is 12.2 Å². The number of ketones is 1. The Bertz CT molecular complexity index is 797. The number of H-pyrrole nitrogens is 2. The SMILES string of the molecule is CC=C1NC(=O)C(C=Cc2[nH]c(-c3ccc[nH]3)cc2OC)C1=O. The Morgan fingerprint density at radius 2 is 2.09 bits per heavy atom. The van der Waals surface area contributed by atoms with Crippen molar-refractivity contribution >= 4 is 17.8 Å². The number of hydrogen-bond acceptors (Lipinski definition) is 3. The van der Waals surface area contributed by atoms with Gasteiger partial charge in [0, 0.05) is 12.3 Å². The molecule has 0 bridgehead atoms. The van der Waals surface area contributed by atoms with E-state index in [0.29, 0.717) is 17.1 Å². The smallest absolute Gasteiger partial charge is 0.239 e. The maximum absolute atomic E-state index is 12.1. The summed E-state index contributed by atoms with van der Waals surface area (Å²) in [5, 5.41) is 2.57. The van der Waals surface area contributed by atoms with Crippen molar-refractivity contribution in [3.05, 3.63) is 47.9 Å². The highest BCUT2D eigenvalue weighted by molar-refractivity contribution is 6.18. The van der Waals surface area contributed by atoms with Gasteiger partial charge in [-0.2, -0.15) is 0 Å². The number of rotatable bonds is 4. The number of carbonyl (C=O) groups excluding carboxylic acids is 2. The number of amides is 1. The van der Waals surface area contributed by atoms with Crippen LogP contribution >= 0.6 is 0 Å². The van der Waals surface area contributed by atoms with Crippen LogP contribution in [0.1, 0.15) is 12.6 Å². The minimum Gasteiger partial charge on any atom is -0.494 e. The van der Waals surface area contributed by atoms with Crippen molar-refractivity contribution in [2.24, 2.45) is 5.92 Å². The third kappa shape index (κ3) is 2.70. The van der Waals surface area contributed by atoms with E-state index in [2.05, 4.69) is 15.3 Å². The number of hydrogen-bond donors (Lipinski definition) is 3. The van der Waals surface area contributed by atoms with Crippen molar-refractivity contribution in [1.82, 2.24) is 15.3 Å². The molecule has 1 aliphatic rings. The van der Waals surface area contributed by atoms with Gasteiger partial charge in [0.05, 0.1) is 29.9 Å². The Hall–Kier alpha value is -3.02. The summed E-state index contributed by atoms with van der Waals surface area (Å²) in [6.45, 7) is 1.72. The van der Waals surface area contributed by atoms with Gasteiger partial charge in [0.15, 0.2) is 5.78 Å². The lowest BCUT2D eigenvalue weighted by atomic mass is 10.0.